The second kappa shape index (κ2) is 2.75. The molecule has 68 valence electrons. The third-order valence-corrected chi connectivity index (χ3v) is 3.27. The van der Waals surface area contributed by atoms with Crippen molar-refractivity contribution in [2.24, 2.45) is 5.92 Å². The van der Waals surface area contributed by atoms with E-state index in [0.717, 1.165) is 18.8 Å². The molecule has 3 atom stereocenters. The Kier molecular flexibility index (Phi) is 1.85. The van der Waals surface area contributed by atoms with Crippen LogP contribution in [-0.4, -0.2) is 22.9 Å². The molecule has 0 N–H and O–H groups in total. The number of piperidine rings is 1. The summed E-state index contributed by atoms with van der Waals surface area (Å²) < 4.78 is 0. The van der Waals surface area contributed by atoms with Crippen LogP contribution >= 0.6 is 0 Å². The normalized spacial score (nSPS) is 41.7. The lowest BCUT2D eigenvalue weighted by atomic mass is 9.89. The predicted molar refractivity (Wildman–Crippen MR) is 47.7 cm³/mol. The van der Waals surface area contributed by atoms with Crippen molar-refractivity contribution >= 4 is 5.91 Å². The number of hydrogen-bond acceptors (Lipinski definition) is 1. The van der Waals surface area contributed by atoms with Crippen molar-refractivity contribution in [1.82, 2.24) is 4.90 Å². The van der Waals surface area contributed by atoms with Gasteiger partial charge in [-0.25, -0.2) is 0 Å². The Bertz CT molecular complexity index is 202. The SMILES string of the molecule is C[C@@H]1C[C@H]2CCC(=O)N2[C@H](C)C1. The summed E-state index contributed by atoms with van der Waals surface area (Å²) in [6, 6.07) is 1.07. The van der Waals surface area contributed by atoms with Gasteiger partial charge in [0, 0.05) is 18.5 Å². The summed E-state index contributed by atoms with van der Waals surface area (Å²) in [5.74, 6) is 1.20. The fourth-order valence-corrected chi connectivity index (χ4v) is 2.86. The summed E-state index contributed by atoms with van der Waals surface area (Å²) in [7, 11) is 0. The maximum atomic E-state index is 11.5. The molecule has 0 saturated carbocycles. The standard InChI is InChI=1S/C10H17NO/c1-7-5-8(2)11-9(6-7)3-4-10(11)12/h7-9H,3-6H2,1-2H3/t7-,8+,9+/m0/s1. The molecular formula is C10H17NO. The van der Waals surface area contributed by atoms with Crippen molar-refractivity contribution in [3.63, 3.8) is 0 Å². The second-order valence-electron chi connectivity index (χ2n) is 4.42. The van der Waals surface area contributed by atoms with Gasteiger partial charge in [-0.15, -0.1) is 0 Å². The number of hydrogen-bond donors (Lipinski definition) is 0. The van der Waals surface area contributed by atoms with Gasteiger partial charge in [-0.05, 0) is 32.1 Å². The largest absolute Gasteiger partial charge is 0.337 e. The minimum Gasteiger partial charge on any atom is -0.337 e. The van der Waals surface area contributed by atoms with Gasteiger partial charge in [0.1, 0.15) is 0 Å². The van der Waals surface area contributed by atoms with E-state index in [4.69, 9.17) is 0 Å². The molecule has 0 unspecified atom stereocenters. The Hall–Kier alpha value is -0.530. The summed E-state index contributed by atoms with van der Waals surface area (Å²) >= 11 is 0. The number of nitrogens with zero attached hydrogens (tertiary/aromatic N) is 1. The Balaban J connectivity index is 2.14. The molecular weight excluding hydrogens is 150 g/mol. The third-order valence-electron chi connectivity index (χ3n) is 3.27. The van der Waals surface area contributed by atoms with Crippen LogP contribution < -0.4 is 0 Å². The van der Waals surface area contributed by atoms with Crippen LogP contribution in [0.2, 0.25) is 0 Å². The number of carbonyl (C=O) groups is 1. The van der Waals surface area contributed by atoms with Crippen LogP contribution in [-0.2, 0) is 4.79 Å². The van der Waals surface area contributed by atoms with Gasteiger partial charge >= 0.3 is 0 Å². The van der Waals surface area contributed by atoms with Crippen molar-refractivity contribution in [1.29, 1.82) is 0 Å². The molecule has 1 amide bonds. The van der Waals surface area contributed by atoms with Crippen molar-refractivity contribution in [3.8, 4) is 0 Å². The molecule has 2 heterocycles. The second-order valence-corrected chi connectivity index (χ2v) is 4.42. The lowest BCUT2D eigenvalue weighted by Crippen LogP contribution is -2.45. The first kappa shape index (κ1) is 8.09. The quantitative estimate of drug-likeness (QED) is 0.538. The van der Waals surface area contributed by atoms with E-state index in [0.29, 0.717) is 18.0 Å². The molecule has 0 bridgehead atoms. The van der Waals surface area contributed by atoms with E-state index in [9.17, 15) is 4.79 Å². The monoisotopic (exact) mass is 167 g/mol. The lowest BCUT2D eigenvalue weighted by Gasteiger charge is -2.39. The van der Waals surface area contributed by atoms with Gasteiger partial charge < -0.3 is 4.90 Å². The van der Waals surface area contributed by atoms with E-state index >= 15 is 0 Å². The maximum Gasteiger partial charge on any atom is 0.223 e. The summed E-state index contributed by atoms with van der Waals surface area (Å²) in [6.07, 6.45) is 4.33. The van der Waals surface area contributed by atoms with Gasteiger partial charge in [0.05, 0.1) is 0 Å². The molecule has 0 spiro atoms. The van der Waals surface area contributed by atoms with Gasteiger partial charge in [-0.1, -0.05) is 6.92 Å². The van der Waals surface area contributed by atoms with E-state index in [1.807, 2.05) is 0 Å². The van der Waals surface area contributed by atoms with Crippen molar-refractivity contribution in [2.45, 2.75) is 51.6 Å². The van der Waals surface area contributed by atoms with Crippen LogP contribution in [0.3, 0.4) is 0 Å². The first-order valence-corrected chi connectivity index (χ1v) is 4.99. The fourth-order valence-electron chi connectivity index (χ4n) is 2.86. The van der Waals surface area contributed by atoms with Crippen LogP contribution in [0.25, 0.3) is 0 Å². The smallest absolute Gasteiger partial charge is 0.223 e. The van der Waals surface area contributed by atoms with E-state index < -0.39 is 0 Å². The van der Waals surface area contributed by atoms with Gasteiger partial charge in [-0.2, -0.15) is 0 Å². The van der Waals surface area contributed by atoms with E-state index in [1.165, 1.54) is 12.8 Å². The molecule has 2 heteroatoms. The molecule has 12 heavy (non-hydrogen) atoms. The summed E-state index contributed by atoms with van der Waals surface area (Å²) in [4.78, 5) is 13.6. The molecule has 0 radical (unpaired) electrons. The first-order valence-electron chi connectivity index (χ1n) is 4.99. The zero-order chi connectivity index (χ0) is 8.72. The highest BCUT2D eigenvalue weighted by atomic mass is 16.2. The average molecular weight is 167 g/mol. The minimum atomic E-state index is 0.388. The Morgan fingerprint density at radius 1 is 1.33 bits per heavy atom. The summed E-state index contributed by atoms with van der Waals surface area (Å²) in [5.41, 5.74) is 0. The molecule has 2 aliphatic rings. The van der Waals surface area contributed by atoms with Crippen LogP contribution in [0, 0.1) is 5.92 Å². The van der Waals surface area contributed by atoms with Gasteiger partial charge in [0.15, 0.2) is 0 Å². The Labute approximate surface area is 73.9 Å². The number of carbonyl (C=O) groups excluding carboxylic acids is 1. The zero-order valence-electron chi connectivity index (χ0n) is 7.92. The van der Waals surface area contributed by atoms with E-state index in [1.54, 1.807) is 0 Å². The molecule has 0 aromatic carbocycles. The van der Waals surface area contributed by atoms with E-state index in [2.05, 4.69) is 18.7 Å². The predicted octanol–water partition coefficient (Wildman–Crippen LogP) is 1.80. The van der Waals surface area contributed by atoms with Crippen molar-refractivity contribution < 1.29 is 4.79 Å². The maximum absolute atomic E-state index is 11.5. The Morgan fingerprint density at radius 2 is 2.08 bits per heavy atom. The van der Waals surface area contributed by atoms with Crippen LogP contribution in [0.4, 0.5) is 0 Å². The number of rotatable bonds is 0. The molecule has 2 aliphatic heterocycles. The van der Waals surface area contributed by atoms with Gasteiger partial charge in [-0.3, -0.25) is 4.79 Å². The fraction of sp³-hybridized carbons (Fsp3) is 0.900. The highest BCUT2D eigenvalue weighted by Gasteiger charge is 2.38. The van der Waals surface area contributed by atoms with Gasteiger partial charge in [0.25, 0.3) is 0 Å². The highest BCUT2D eigenvalue weighted by molar-refractivity contribution is 5.79. The first-order chi connectivity index (χ1) is 5.68. The average Bonchev–Trinajstić information content (AvgIpc) is 2.31. The molecule has 0 aromatic heterocycles. The molecule has 0 aliphatic carbocycles. The zero-order valence-corrected chi connectivity index (χ0v) is 7.92. The topological polar surface area (TPSA) is 20.3 Å². The molecule has 0 aromatic rings. The van der Waals surface area contributed by atoms with Crippen LogP contribution in [0.1, 0.15) is 39.5 Å². The summed E-state index contributed by atoms with van der Waals surface area (Å²) in [6.45, 7) is 4.49. The molecule has 2 rings (SSSR count). The molecule has 2 nitrogen and oxygen atoms in total. The highest BCUT2D eigenvalue weighted by Crippen LogP contribution is 2.34. The van der Waals surface area contributed by atoms with Crippen LogP contribution in [0.5, 0.6) is 0 Å². The molecule has 2 saturated heterocycles. The summed E-state index contributed by atoms with van der Waals surface area (Å²) in [5, 5.41) is 0. The minimum absolute atomic E-state index is 0.388. The van der Waals surface area contributed by atoms with Gasteiger partial charge in [0.2, 0.25) is 5.91 Å². The van der Waals surface area contributed by atoms with Crippen molar-refractivity contribution in [3.05, 3.63) is 0 Å². The Morgan fingerprint density at radius 3 is 2.83 bits per heavy atom. The third kappa shape index (κ3) is 1.13. The lowest BCUT2D eigenvalue weighted by molar-refractivity contribution is -0.132. The number of amides is 1. The van der Waals surface area contributed by atoms with Crippen molar-refractivity contribution in [2.75, 3.05) is 0 Å². The van der Waals surface area contributed by atoms with E-state index in [-0.39, 0.29) is 0 Å². The molecule has 2 fully saturated rings. The van der Waals surface area contributed by atoms with Crippen LogP contribution in [0.15, 0.2) is 0 Å². The number of fused-ring (bicyclic) bond motifs is 1.